The molecule has 1 rings (SSSR count). The third-order valence-corrected chi connectivity index (χ3v) is 3.09. The number of carboxylic acids is 1. The Bertz CT molecular complexity index is 473. The Hall–Kier alpha value is -2.24. The molecule has 0 fully saturated rings. The zero-order valence-corrected chi connectivity index (χ0v) is 11.9. The van der Waals surface area contributed by atoms with E-state index in [4.69, 9.17) is 5.11 Å². The number of hydrogen-bond donors (Lipinski definition) is 2. The average molecular weight is 280 g/mol. The summed E-state index contributed by atoms with van der Waals surface area (Å²) in [5, 5.41) is 18.1. The number of aliphatic carboxylic acids is 1. The fourth-order valence-electron chi connectivity index (χ4n) is 1.75. The van der Waals surface area contributed by atoms with Gasteiger partial charge >= 0.3 is 12.0 Å². The Balaban J connectivity index is 2.79. The van der Waals surface area contributed by atoms with Crippen molar-refractivity contribution in [3.8, 4) is 5.75 Å². The number of phenols is 1. The maximum absolute atomic E-state index is 12.3. The smallest absolute Gasteiger partial charge is 0.324 e. The lowest BCUT2D eigenvalue weighted by atomic mass is 10.2. The number of carbonyl (C=O) groups is 2. The Morgan fingerprint density at radius 2 is 1.80 bits per heavy atom. The molecule has 0 saturated carbocycles. The fourth-order valence-corrected chi connectivity index (χ4v) is 1.75. The second kappa shape index (κ2) is 6.79. The number of rotatable bonds is 5. The van der Waals surface area contributed by atoms with Gasteiger partial charge in [0.15, 0.2) is 0 Å². The molecule has 110 valence electrons. The number of benzene rings is 1. The monoisotopic (exact) mass is 280 g/mol. The van der Waals surface area contributed by atoms with Gasteiger partial charge in [-0.15, -0.1) is 0 Å². The van der Waals surface area contributed by atoms with Gasteiger partial charge in [0.1, 0.15) is 5.75 Å². The summed E-state index contributed by atoms with van der Waals surface area (Å²) >= 11 is 0. The van der Waals surface area contributed by atoms with Gasteiger partial charge in [-0.1, -0.05) is 6.92 Å². The van der Waals surface area contributed by atoms with Gasteiger partial charge in [-0.25, -0.2) is 4.79 Å². The summed E-state index contributed by atoms with van der Waals surface area (Å²) in [5.74, 6) is -1.42. The van der Waals surface area contributed by atoms with Crippen LogP contribution in [-0.4, -0.2) is 47.3 Å². The highest BCUT2D eigenvalue weighted by Crippen LogP contribution is 2.18. The number of carbonyl (C=O) groups excluding carboxylic acids is 1. The van der Waals surface area contributed by atoms with Crippen molar-refractivity contribution in [1.29, 1.82) is 0 Å². The number of amides is 2. The highest BCUT2D eigenvalue weighted by molar-refractivity contribution is 5.91. The van der Waals surface area contributed by atoms with Crippen LogP contribution in [0.25, 0.3) is 0 Å². The first-order chi connectivity index (χ1) is 9.36. The van der Waals surface area contributed by atoms with Crippen LogP contribution >= 0.6 is 0 Å². The summed E-state index contributed by atoms with van der Waals surface area (Å²) in [6.07, 6.45) is 0. The van der Waals surface area contributed by atoms with Crippen LogP contribution in [0.5, 0.6) is 5.75 Å². The van der Waals surface area contributed by atoms with Crippen LogP contribution in [0.3, 0.4) is 0 Å². The van der Waals surface area contributed by atoms with Crippen LogP contribution in [0, 0.1) is 5.92 Å². The van der Waals surface area contributed by atoms with Gasteiger partial charge in [-0.2, -0.15) is 0 Å². The molecule has 0 aliphatic heterocycles. The molecule has 1 atom stereocenters. The average Bonchev–Trinajstić information content (AvgIpc) is 2.43. The number of hydrogen-bond acceptors (Lipinski definition) is 3. The van der Waals surface area contributed by atoms with E-state index in [1.54, 1.807) is 33.0 Å². The van der Waals surface area contributed by atoms with Crippen LogP contribution in [0.4, 0.5) is 10.5 Å². The zero-order chi connectivity index (χ0) is 15.3. The van der Waals surface area contributed by atoms with Crippen LogP contribution in [0.2, 0.25) is 0 Å². The van der Waals surface area contributed by atoms with Gasteiger partial charge in [0.2, 0.25) is 0 Å². The quantitative estimate of drug-likeness (QED) is 0.864. The normalized spacial score (nSPS) is 11.8. The molecule has 1 aromatic rings. The molecule has 0 spiro atoms. The lowest BCUT2D eigenvalue weighted by Gasteiger charge is -2.28. The van der Waals surface area contributed by atoms with Crippen LogP contribution in [-0.2, 0) is 4.79 Å². The highest BCUT2D eigenvalue weighted by atomic mass is 16.4. The summed E-state index contributed by atoms with van der Waals surface area (Å²) in [5.41, 5.74) is 0.634. The summed E-state index contributed by atoms with van der Waals surface area (Å²) < 4.78 is 0. The minimum absolute atomic E-state index is 0.126. The topological polar surface area (TPSA) is 81.1 Å². The zero-order valence-electron chi connectivity index (χ0n) is 11.9. The van der Waals surface area contributed by atoms with Crippen molar-refractivity contribution < 1.29 is 19.8 Å². The summed E-state index contributed by atoms with van der Waals surface area (Å²) in [6, 6.07) is 5.97. The molecule has 2 N–H and O–H groups in total. The third-order valence-electron chi connectivity index (χ3n) is 3.09. The van der Waals surface area contributed by atoms with Crippen LogP contribution in [0.15, 0.2) is 24.3 Å². The minimum Gasteiger partial charge on any atom is -0.508 e. The Morgan fingerprint density at radius 1 is 1.25 bits per heavy atom. The van der Waals surface area contributed by atoms with Crippen LogP contribution < -0.4 is 4.90 Å². The molecule has 6 heteroatoms. The summed E-state index contributed by atoms with van der Waals surface area (Å²) in [6.45, 7) is 3.96. The maximum Gasteiger partial charge on any atom is 0.324 e. The predicted octanol–water partition coefficient (Wildman–Crippen LogP) is 1.99. The number of aromatic hydroxyl groups is 1. The molecular formula is C14H20N2O4. The van der Waals surface area contributed by atoms with Crippen molar-refractivity contribution in [2.24, 2.45) is 5.92 Å². The molecule has 0 saturated heterocycles. The molecule has 0 aliphatic carbocycles. The van der Waals surface area contributed by atoms with Gasteiger partial charge < -0.3 is 15.1 Å². The fraction of sp³-hybridized carbons (Fsp3) is 0.429. The maximum atomic E-state index is 12.3. The lowest BCUT2D eigenvalue weighted by Crippen LogP contribution is -2.44. The molecule has 1 unspecified atom stereocenters. The molecule has 6 nitrogen and oxygen atoms in total. The van der Waals surface area contributed by atoms with Crippen molar-refractivity contribution >= 4 is 17.7 Å². The van der Waals surface area contributed by atoms with E-state index in [1.807, 2.05) is 0 Å². The van der Waals surface area contributed by atoms with E-state index in [0.29, 0.717) is 12.2 Å². The molecule has 0 aliphatic rings. The van der Waals surface area contributed by atoms with Crippen molar-refractivity contribution in [2.75, 3.05) is 25.0 Å². The standard InChI is InChI=1S/C14H20N2O4/c1-4-16(9-10(2)13(18)19)14(20)15(3)11-5-7-12(17)8-6-11/h5-8,10,17H,4,9H2,1-3H3,(H,18,19). The number of nitrogens with zero attached hydrogens (tertiary/aromatic N) is 2. The number of phenolic OH excluding ortho intramolecular Hbond substituents is 1. The van der Waals surface area contributed by atoms with Gasteiger partial charge in [-0.3, -0.25) is 9.69 Å². The Kier molecular flexibility index (Phi) is 5.37. The Labute approximate surface area is 118 Å². The van der Waals surface area contributed by atoms with E-state index < -0.39 is 11.9 Å². The lowest BCUT2D eigenvalue weighted by molar-refractivity contribution is -0.141. The highest BCUT2D eigenvalue weighted by Gasteiger charge is 2.22. The van der Waals surface area contributed by atoms with Gasteiger partial charge in [0.05, 0.1) is 5.92 Å². The first-order valence-corrected chi connectivity index (χ1v) is 6.41. The third kappa shape index (κ3) is 3.88. The Morgan fingerprint density at radius 3 is 2.25 bits per heavy atom. The summed E-state index contributed by atoms with van der Waals surface area (Å²) in [4.78, 5) is 26.1. The van der Waals surface area contributed by atoms with Gasteiger partial charge in [-0.05, 0) is 31.2 Å². The van der Waals surface area contributed by atoms with E-state index >= 15 is 0 Å². The molecule has 0 radical (unpaired) electrons. The molecule has 20 heavy (non-hydrogen) atoms. The molecular weight excluding hydrogens is 260 g/mol. The summed E-state index contributed by atoms with van der Waals surface area (Å²) in [7, 11) is 1.61. The largest absolute Gasteiger partial charge is 0.508 e. The minimum atomic E-state index is -0.927. The van der Waals surface area contributed by atoms with E-state index in [1.165, 1.54) is 21.9 Å². The van der Waals surface area contributed by atoms with Gasteiger partial charge in [0.25, 0.3) is 0 Å². The number of urea groups is 1. The molecule has 0 aromatic heterocycles. The number of anilines is 1. The molecule has 2 amide bonds. The molecule has 0 bridgehead atoms. The van der Waals surface area contributed by atoms with Crippen LogP contribution in [0.1, 0.15) is 13.8 Å². The first-order valence-electron chi connectivity index (χ1n) is 6.41. The second-order valence-electron chi connectivity index (χ2n) is 4.64. The van der Waals surface area contributed by atoms with E-state index in [9.17, 15) is 14.7 Å². The van der Waals surface area contributed by atoms with E-state index in [-0.39, 0.29) is 18.3 Å². The SMILES string of the molecule is CCN(CC(C)C(=O)O)C(=O)N(C)c1ccc(O)cc1. The van der Waals surface area contributed by atoms with Crippen molar-refractivity contribution in [2.45, 2.75) is 13.8 Å². The molecule has 0 heterocycles. The first kappa shape index (κ1) is 15.8. The molecule has 1 aromatic carbocycles. The van der Waals surface area contributed by atoms with Gasteiger partial charge in [0, 0.05) is 25.8 Å². The van der Waals surface area contributed by atoms with Crippen molar-refractivity contribution in [1.82, 2.24) is 4.90 Å². The predicted molar refractivity (Wildman–Crippen MR) is 76.0 cm³/mol. The van der Waals surface area contributed by atoms with E-state index in [0.717, 1.165) is 0 Å². The second-order valence-corrected chi connectivity index (χ2v) is 4.64. The van der Waals surface area contributed by atoms with Crippen molar-refractivity contribution in [3.63, 3.8) is 0 Å². The van der Waals surface area contributed by atoms with E-state index in [2.05, 4.69) is 0 Å². The number of carboxylic acid groups (broad SMARTS) is 1. The van der Waals surface area contributed by atoms with Crippen molar-refractivity contribution in [3.05, 3.63) is 24.3 Å².